The fourth-order valence-electron chi connectivity index (χ4n) is 0.444. The van der Waals surface area contributed by atoms with Gasteiger partial charge in [0, 0.05) is 6.42 Å². The van der Waals surface area contributed by atoms with E-state index in [1.807, 2.05) is 0 Å². The standard InChI is InChI=1S/C6H11O4P/c1-5(2)6(7)3-4-10-11(8)9/h11H,1,3-4H2,2H3,(H,8,9). The summed E-state index contributed by atoms with van der Waals surface area (Å²) in [6, 6.07) is 0. The van der Waals surface area contributed by atoms with E-state index in [0.717, 1.165) is 0 Å². The van der Waals surface area contributed by atoms with Gasteiger partial charge in [-0.25, -0.2) is 0 Å². The second-order valence-electron chi connectivity index (χ2n) is 2.07. The lowest BCUT2D eigenvalue weighted by Crippen LogP contribution is -2.01. The van der Waals surface area contributed by atoms with Crippen LogP contribution in [0.2, 0.25) is 0 Å². The molecule has 0 saturated heterocycles. The van der Waals surface area contributed by atoms with Crippen LogP contribution >= 0.6 is 8.25 Å². The minimum absolute atomic E-state index is 0.0139. The summed E-state index contributed by atoms with van der Waals surface area (Å²) in [6.45, 7) is 4.99. The maximum atomic E-state index is 10.8. The van der Waals surface area contributed by atoms with E-state index in [2.05, 4.69) is 11.1 Å². The fraction of sp³-hybridized carbons (Fsp3) is 0.500. The Kier molecular flexibility index (Phi) is 5.03. The zero-order valence-electron chi connectivity index (χ0n) is 6.29. The number of ketones is 1. The van der Waals surface area contributed by atoms with Gasteiger partial charge >= 0.3 is 8.25 Å². The van der Waals surface area contributed by atoms with Crippen LogP contribution in [0.3, 0.4) is 0 Å². The van der Waals surface area contributed by atoms with Gasteiger partial charge in [0.2, 0.25) is 0 Å². The Hall–Kier alpha value is -0.440. The second kappa shape index (κ2) is 5.24. The van der Waals surface area contributed by atoms with Crippen LogP contribution in [0.5, 0.6) is 0 Å². The summed E-state index contributed by atoms with van der Waals surface area (Å²) < 4.78 is 14.3. The first-order valence-corrected chi connectivity index (χ1v) is 4.35. The highest BCUT2D eigenvalue weighted by Gasteiger charge is 2.02. The van der Waals surface area contributed by atoms with Gasteiger partial charge in [0.25, 0.3) is 0 Å². The third-order valence-electron chi connectivity index (χ3n) is 1.03. The number of allylic oxidation sites excluding steroid dienone is 1. The molecule has 64 valence electrons. The number of hydrogen-bond donors (Lipinski definition) is 1. The first-order chi connectivity index (χ1) is 5.04. The molecule has 0 amide bonds. The molecule has 0 heterocycles. The van der Waals surface area contributed by atoms with Crippen molar-refractivity contribution in [1.29, 1.82) is 0 Å². The van der Waals surface area contributed by atoms with Crippen molar-refractivity contribution in [1.82, 2.24) is 0 Å². The van der Waals surface area contributed by atoms with Crippen molar-refractivity contribution < 1.29 is 18.8 Å². The fourth-order valence-corrected chi connectivity index (χ4v) is 0.721. The van der Waals surface area contributed by atoms with Crippen LogP contribution in [0.4, 0.5) is 0 Å². The lowest BCUT2D eigenvalue weighted by molar-refractivity contribution is -0.115. The molecule has 0 radical (unpaired) electrons. The van der Waals surface area contributed by atoms with Crippen LogP contribution < -0.4 is 0 Å². The maximum Gasteiger partial charge on any atom is 0.316 e. The Morgan fingerprint density at radius 1 is 1.73 bits per heavy atom. The predicted molar refractivity (Wildman–Crippen MR) is 41.6 cm³/mol. The quantitative estimate of drug-likeness (QED) is 0.502. The molecule has 0 aromatic rings. The van der Waals surface area contributed by atoms with Crippen molar-refractivity contribution in [2.75, 3.05) is 6.61 Å². The SMILES string of the molecule is C=C(C)C(=O)CCO[PH](=O)O. The van der Waals surface area contributed by atoms with Gasteiger partial charge in [-0.15, -0.1) is 0 Å². The molecule has 0 rings (SSSR count). The van der Waals surface area contributed by atoms with E-state index >= 15 is 0 Å². The molecule has 0 aromatic heterocycles. The lowest BCUT2D eigenvalue weighted by Gasteiger charge is -1.98. The molecule has 0 saturated carbocycles. The Labute approximate surface area is 65.8 Å². The second-order valence-corrected chi connectivity index (χ2v) is 2.89. The molecule has 0 fully saturated rings. The van der Waals surface area contributed by atoms with E-state index < -0.39 is 8.25 Å². The van der Waals surface area contributed by atoms with Gasteiger partial charge in [0.1, 0.15) is 0 Å². The molecule has 1 unspecified atom stereocenters. The van der Waals surface area contributed by atoms with E-state index in [4.69, 9.17) is 4.89 Å². The smallest absolute Gasteiger partial charge is 0.316 e. The normalized spacial score (nSPS) is 12.5. The van der Waals surface area contributed by atoms with Crippen molar-refractivity contribution in [2.24, 2.45) is 0 Å². The highest BCUT2D eigenvalue weighted by Crippen LogP contribution is 2.14. The van der Waals surface area contributed by atoms with Gasteiger partial charge < -0.3 is 9.42 Å². The summed E-state index contributed by atoms with van der Waals surface area (Å²) in [5.41, 5.74) is 0.436. The Morgan fingerprint density at radius 2 is 2.27 bits per heavy atom. The van der Waals surface area contributed by atoms with Crippen LogP contribution in [-0.2, 0) is 13.9 Å². The third kappa shape index (κ3) is 5.98. The molecule has 0 aliphatic heterocycles. The molecular formula is C6H11O4P. The summed E-state index contributed by atoms with van der Waals surface area (Å²) in [7, 11) is -2.89. The first-order valence-electron chi connectivity index (χ1n) is 3.08. The summed E-state index contributed by atoms with van der Waals surface area (Å²) in [6.07, 6.45) is 0.117. The van der Waals surface area contributed by atoms with E-state index in [1.54, 1.807) is 6.92 Å². The van der Waals surface area contributed by atoms with Crippen LogP contribution in [-0.4, -0.2) is 17.3 Å². The molecule has 11 heavy (non-hydrogen) atoms. The zero-order chi connectivity index (χ0) is 8.85. The van der Waals surface area contributed by atoms with Crippen LogP contribution in [0.25, 0.3) is 0 Å². The van der Waals surface area contributed by atoms with Gasteiger partial charge in [-0.1, -0.05) is 6.58 Å². The molecule has 0 aliphatic rings. The molecule has 0 aliphatic carbocycles. The third-order valence-corrected chi connectivity index (χ3v) is 1.48. The summed E-state index contributed by atoms with van der Waals surface area (Å²) in [5, 5.41) is 0. The summed E-state index contributed by atoms with van der Waals surface area (Å²) >= 11 is 0. The van der Waals surface area contributed by atoms with Crippen molar-refractivity contribution in [2.45, 2.75) is 13.3 Å². The van der Waals surface area contributed by atoms with Crippen LogP contribution in [0, 0.1) is 0 Å². The zero-order valence-corrected chi connectivity index (χ0v) is 7.29. The predicted octanol–water partition coefficient (Wildman–Crippen LogP) is 0.920. The number of carbonyl (C=O) groups excluding carboxylic acids is 1. The lowest BCUT2D eigenvalue weighted by atomic mass is 10.2. The van der Waals surface area contributed by atoms with E-state index in [0.29, 0.717) is 5.57 Å². The Balaban J connectivity index is 3.47. The minimum atomic E-state index is -2.89. The van der Waals surface area contributed by atoms with Gasteiger partial charge in [-0.3, -0.25) is 9.36 Å². The summed E-state index contributed by atoms with van der Waals surface area (Å²) in [4.78, 5) is 19.0. The highest BCUT2D eigenvalue weighted by atomic mass is 31.1. The Bertz CT molecular complexity index is 187. The molecule has 5 heteroatoms. The van der Waals surface area contributed by atoms with E-state index in [9.17, 15) is 9.36 Å². The molecule has 1 atom stereocenters. The van der Waals surface area contributed by atoms with E-state index in [1.165, 1.54) is 0 Å². The molecule has 4 nitrogen and oxygen atoms in total. The van der Waals surface area contributed by atoms with Crippen molar-refractivity contribution >= 4 is 14.0 Å². The number of carbonyl (C=O) groups is 1. The maximum absolute atomic E-state index is 10.8. The summed E-state index contributed by atoms with van der Waals surface area (Å²) in [5.74, 6) is -0.145. The van der Waals surface area contributed by atoms with Crippen LogP contribution in [0.15, 0.2) is 12.2 Å². The number of Topliss-reactive ketones (excluding diaryl/α,β-unsaturated/α-hetero) is 1. The van der Waals surface area contributed by atoms with Crippen molar-refractivity contribution in [3.05, 3.63) is 12.2 Å². The van der Waals surface area contributed by atoms with Crippen molar-refractivity contribution in [3.8, 4) is 0 Å². The monoisotopic (exact) mass is 178 g/mol. The molecule has 0 aromatic carbocycles. The van der Waals surface area contributed by atoms with Crippen molar-refractivity contribution in [3.63, 3.8) is 0 Å². The number of hydrogen-bond acceptors (Lipinski definition) is 3. The molecular weight excluding hydrogens is 167 g/mol. The van der Waals surface area contributed by atoms with Gasteiger partial charge in [0.15, 0.2) is 5.78 Å². The van der Waals surface area contributed by atoms with Gasteiger partial charge in [0.05, 0.1) is 6.61 Å². The van der Waals surface area contributed by atoms with Gasteiger partial charge in [-0.05, 0) is 12.5 Å². The molecule has 1 N–H and O–H groups in total. The topological polar surface area (TPSA) is 63.6 Å². The average Bonchev–Trinajstić information content (AvgIpc) is 1.86. The Morgan fingerprint density at radius 3 is 2.64 bits per heavy atom. The minimum Gasteiger partial charge on any atom is -0.326 e. The van der Waals surface area contributed by atoms with Crippen LogP contribution in [0.1, 0.15) is 13.3 Å². The molecule has 0 spiro atoms. The highest BCUT2D eigenvalue weighted by molar-refractivity contribution is 7.32. The van der Waals surface area contributed by atoms with Gasteiger partial charge in [-0.2, -0.15) is 0 Å². The first kappa shape index (κ1) is 10.6. The van der Waals surface area contributed by atoms with E-state index in [-0.39, 0.29) is 18.8 Å². The molecule has 0 bridgehead atoms. The average molecular weight is 178 g/mol. The largest absolute Gasteiger partial charge is 0.326 e. The number of rotatable bonds is 5.